The van der Waals surface area contributed by atoms with Crippen LogP contribution in [0.4, 0.5) is 0 Å². The summed E-state index contributed by atoms with van der Waals surface area (Å²) in [5, 5.41) is 17.9. The fourth-order valence-electron chi connectivity index (χ4n) is 4.26. The van der Waals surface area contributed by atoms with Gasteiger partial charge >= 0.3 is 5.97 Å². The minimum absolute atomic E-state index is 0.151. The molecule has 0 aliphatic heterocycles. The van der Waals surface area contributed by atoms with Crippen LogP contribution in [0.3, 0.4) is 0 Å². The zero-order valence-corrected chi connectivity index (χ0v) is 21.7. The topological polar surface area (TPSA) is 192 Å². The molecule has 39 heavy (non-hydrogen) atoms. The second-order valence-electron chi connectivity index (χ2n) is 9.38. The lowest BCUT2D eigenvalue weighted by atomic mass is 10.0. The second kappa shape index (κ2) is 14.6. The largest absolute Gasteiger partial charge is 0.480 e. The van der Waals surface area contributed by atoms with Gasteiger partial charge in [-0.3, -0.25) is 14.4 Å². The molecule has 208 valence electrons. The Balaban J connectivity index is 1.67. The van der Waals surface area contributed by atoms with Gasteiger partial charge < -0.3 is 37.5 Å². The lowest BCUT2D eigenvalue weighted by Crippen LogP contribution is -2.54. The molecular formula is C28H36N6O5. The molecule has 0 spiro atoms. The van der Waals surface area contributed by atoms with E-state index in [-0.39, 0.29) is 19.3 Å². The molecule has 3 amide bonds. The van der Waals surface area contributed by atoms with Crippen molar-refractivity contribution in [2.45, 2.75) is 50.2 Å². The molecule has 9 N–H and O–H groups in total. The van der Waals surface area contributed by atoms with E-state index in [0.29, 0.717) is 19.4 Å². The third kappa shape index (κ3) is 8.94. The first-order chi connectivity index (χ1) is 18.8. The van der Waals surface area contributed by atoms with Gasteiger partial charge in [0.05, 0.1) is 12.6 Å². The smallest absolute Gasteiger partial charge is 0.326 e. The summed E-state index contributed by atoms with van der Waals surface area (Å²) in [5.41, 5.74) is 14.2. The first-order valence-electron chi connectivity index (χ1n) is 12.9. The highest BCUT2D eigenvalue weighted by Gasteiger charge is 2.26. The zero-order valence-electron chi connectivity index (χ0n) is 21.7. The van der Waals surface area contributed by atoms with E-state index in [2.05, 4.69) is 20.9 Å². The average molecular weight is 537 g/mol. The molecule has 3 aromatic rings. The molecule has 0 saturated heterocycles. The summed E-state index contributed by atoms with van der Waals surface area (Å²) in [4.78, 5) is 53.2. The molecule has 3 rings (SSSR count). The molecule has 0 aliphatic rings. The molecular weight excluding hydrogens is 500 g/mol. The number of aromatic nitrogens is 1. The van der Waals surface area contributed by atoms with Crippen molar-refractivity contribution >= 4 is 34.6 Å². The van der Waals surface area contributed by atoms with Crippen LogP contribution in [0.1, 0.15) is 30.4 Å². The Morgan fingerprint density at radius 1 is 0.872 bits per heavy atom. The van der Waals surface area contributed by atoms with Crippen molar-refractivity contribution < 1.29 is 24.3 Å². The fraction of sp³-hybridized carbons (Fsp3) is 0.357. The van der Waals surface area contributed by atoms with E-state index >= 15 is 0 Å². The van der Waals surface area contributed by atoms with Crippen molar-refractivity contribution in [2.75, 3.05) is 13.1 Å². The Labute approximate surface area is 226 Å². The minimum Gasteiger partial charge on any atom is -0.480 e. The number of carboxylic acids is 1. The average Bonchev–Trinajstić information content (AvgIpc) is 3.34. The van der Waals surface area contributed by atoms with Crippen LogP contribution in [-0.2, 0) is 32.0 Å². The van der Waals surface area contributed by atoms with Gasteiger partial charge in [0, 0.05) is 23.5 Å². The number of hydrogen-bond donors (Lipinski definition) is 7. The summed E-state index contributed by atoms with van der Waals surface area (Å²) in [6, 6.07) is 13.9. The van der Waals surface area contributed by atoms with E-state index in [1.165, 1.54) is 0 Å². The predicted octanol–water partition coefficient (Wildman–Crippen LogP) is 0.580. The molecule has 2 aromatic carbocycles. The van der Waals surface area contributed by atoms with Gasteiger partial charge in [-0.1, -0.05) is 48.5 Å². The van der Waals surface area contributed by atoms with Gasteiger partial charge in [-0.05, 0) is 49.4 Å². The third-order valence-electron chi connectivity index (χ3n) is 6.37. The summed E-state index contributed by atoms with van der Waals surface area (Å²) in [6.07, 6.45) is 3.62. The molecule has 11 heteroatoms. The van der Waals surface area contributed by atoms with Gasteiger partial charge in [0.25, 0.3) is 0 Å². The number of unbranched alkanes of at least 4 members (excludes halogenated alkanes) is 1. The number of carbonyl (C=O) groups is 4. The fourth-order valence-corrected chi connectivity index (χ4v) is 4.26. The van der Waals surface area contributed by atoms with Crippen LogP contribution in [0.2, 0.25) is 0 Å². The standard InChI is InChI=1S/C28H36N6O5/c29-13-7-6-12-23(28(38)39)33-25(35)17-32-27(37)24(15-19-16-31-22-11-5-4-10-20(19)22)34-26(36)21(30)14-18-8-2-1-3-9-18/h1-5,8-11,16,21,23-24,31H,6-7,12-15,17,29-30H2,(H,32,37)(H,33,35)(H,34,36)(H,38,39). The summed E-state index contributed by atoms with van der Waals surface area (Å²) in [5.74, 6) is -2.91. The first kappa shape index (κ1) is 29.3. The van der Waals surface area contributed by atoms with Crippen molar-refractivity contribution in [2.24, 2.45) is 11.5 Å². The third-order valence-corrected chi connectivity index (χ3v) is 6.37. The Bertz CT molecular complexity index is 1260. The van der Waals surface area contributed by atoms with Crippen molar-refractivity contribution in [3.8, 4) is 0 Å². The molecule has 0 saturated carbocycles. The van der Waals surface area contributed by atoms with Gasteiger partial charge in [-0.2, -0.15) is 0 Å². The minimum atomic E-state index is -1.16. The van der Waals surface area contributed by atoms with Crippen LogP contribution in [0.25, 0.3) is 10.9 Å². The van der Waals surface area contributed by atoms with Gasteiger partial charge in [-0.25, -0.2) is 4.79 Å². The Hall–Kier alpha value is -4.22. The van der Waals surface area contributed by atoms with Crippen molar-refractivity contribution in [3.05, 3.63) is 71.9 Å². The van der Waals surface area contributed by atoms with E-state index < -0.39 is 48.4 Å². The van der Waals surface area contributed by atoms with Gasteiger partial charge in [0.1, 0.15) is 12.1 Å². The maximum atomic E-state index is 13.2. The maximum Gasteiger partial charge on any atom is 0.326 e. The number of H-pyrrole nitrogens is 1. The van der Waals surface area contributed by atoms with E-state index in [1.54, 1.807) is 6.20 Å². The summed E-state index contributed by atoms with van der Waals surface area (Å²) >= 11 is 0. The molecule has 1 heterocycles. The lowest BCUT2D eigenvalue weighted by Gasteiger charge is -2.21. The number of carbonyl (C=O) groups excluding carboxylic acids is 3. The number of nitrogens with one attached hydrogen (secondary N) is 4. The zero-order chi connectivity index (χ0) is 28.2. The van der Waals surface area contributed by atoms with Crippen molar-refractivity contribution in [1.82, 2.24) is 20.9 Å². The predicted molar refractivity (Wildman–Crippen MR) is 148 cm³/mol. The van der Waals surface area contributed by atoms with Crippen LogP contribution in [-0.4, -0.2) is 65.0 Å². The molecule has 1 aromatic heterocycles. The monoisotopic (exact) mass is 536 g/mol. The maximum absolute atomic E-state index is 13.2. The lowest BCUT2D eigenvalue weighted by molar-refractivity contribution is -0.142. The first-order valence-corrected chi connectivity index (χ1v) is 12.9. The molecule has 0 fully saturated rings. The summed E-state index contributed by atoms with van der Waals surface area (Å²) in [6.45, 7) is -0.0231. The van der Waals surface area contributed by atoms with Gasteiger partial charge in [0.15, 0.2) is 0 Å². The van der Waals surface area contributed by atoms with Crippen LogP contribution >= 0.6 is 0 Å². The van der Waals surface area contributed by atoms with E-state index in [9.17, 15) is 24.3 Å². The number of benzene rings is 2. The number of carboxylic acid groups (broad SMARTS) is 1. The number of aromatic amines is 1. The normalized spacial score (nSPS) is 13.3. The van der Waals surface area contributed by atoms with Crippen molar-refractivity contribution in [3.63, 3.8) is 0 Å². The van der Waals surface area contributed by atoms with Crippen LogP contribution in [0.15, 0.2) is 60.8 Å². The number of amides is 3. The van der Waals surface area contributed by atoms with E-state index in [1.807, 2.05) is 54.6 Å². The highest BCUT2D eigenvalue weighted by atomic mass is 16.4. The number of para-hydroxylation sites is 1. The second-order valence-corrected chi connectivity index (χ2v) is 9.38. The SMILES string of the molecule is NCCCCC(NC(=O)CNC(=O)C(Cc1c[nH]c2ccccc12)NC(=O)C(N)Cc1ccccc1)C(=O)O. The van der Waals surface area contributed by atoms with Crippen molar-refractivity contribution in [1.29, 1.82) is 0 Å². The summed E-state index contributed by atoms with van der Waals surface area (Å²) in [7, 11) is 0. The molecule has 3 unspecified atom stereocenters. The molecule has 0 aliphatic carbocycles. The van der Waals surface area contributed by atoms with Crippen LogP contribution < -0.4 is 27.4 Å². The van der Waals surface area contributed by atoms with E-state index in [4.69, 9.17) is 11.5 Å². The molecule has 3 atom stereocenters. The Morgan fingerprint density at radius 2 is 1.59 bits per heavy atom. The summed E-state index contributed by atoms with van der Waals surface area (Å²) < 4.78 is 0. The van der Waals surface area contributed by atoms with Crippen LogP contribution in [0.5, 0.6) is 0 Å². The Kier molecular flexibility index (Phi) is 11.0. The van der Waals surface area contributed by atoms with E-state index in [0.717, 1.165) is 22.0 Å². The number of rotatable bonds is 15. The quantitative estimate of drug-likeness (QED) is 0.138. The number of fused-ring (bicyclic) bond motifs is 1. The number of aliphatic carboxylic acids is 1. The highest BCUT2D eigenvalue weighted by Crippen LogP contribution is 2.19. The molecule has 0 bridgehead atoms. The van der Waals surface area contributed by atoms with Gasteiger partial charge in [0.2, 0.25) is 17.7 Å². The number of hydrogen-bond acceptors (Lipinski definition) is 6. The number of nitrogens with two attached hydrogens (primary N) is 2. The molecule has 0 radical (unpaired) electrons. The molecule has 11 nitrogen and oxygen atoms in total. The van der Waals surface area contributed by atoms with Gasteiger partial charge in [-0.15, -0.1) is 0 Å². The highest BCUT2D eigenvalue weighted by molar-refractivity contribution is 5.93. The Morgan fingerprint density at radius 3 is 2.31 bits per heavy atom. The van der Waals surface area contributed by atoms with Crippen LogP contribution in [0, 0.1) is 0 Å².